The number of nitrogens with zero attached hydrogens (tertiary/aromatic N) is 3. The minimum absolute atomic E-state index is 0.0465. The third kappa shape index (κ3) is 4.83. The topological polar surface area (TPSA) is 98.6 Å². The van der Waals surface area contributed by atoms with E-state index in [1.165, 1.54) is 0 Å². The van der Waals surface area contributed by atoms with Crippen molar-refractivity contribution in [1.82, 2.24) is 9.88 Å². The standard InChI is InChI=1S/C20H22ClN5O3/c1-29-18-11-14(4-5-16(18)21)25-7-9-26(10-8-25)19(28)12-24-20-15(17(22)13-27)3-2-6-23-20/h2-6,11,13,22H,7-10,12H2,1H3,(H,23,24). The lowest BCUT2D eigenvalue weighted by Crippen LogP contribution is -2.50. The van der Waals surface area contributed by atoms with E-state index in [9.17, 15) is 9.59 Å². The molecule has 0 aliphatic carbocycles. The molecule has 3 rings (SSSR count). The van der Waals surface area contributed by atoms with Crippen molar-refractivity contribution in [2.24, 2.45) is 0 Å². The quantitative estimate of drug-likeness (QED) is 0.530. The van der Waals surface area contributed by atoms with Crippen molar-refractivity contribution in [1.29, 1.82) is 5.41 Å². The van der Waals surface area contributed by atoms with Gasteiger partial charge in [0.25, 0.3) is 0 Å². The summed E-state index contributed by atoms with van der Waals surface area (Å²) in [6, 6.07) is 8.90. The minimum atomic E-state index is -0.181. The Labute approximate surface area is 173 Å². The van der Waals surface area contributed by atoms with Gasteiger partial charge in [0, 0.05) is 49.7 Å². The van der Waals surface area contributed by atoms with Gasteiger partial charge in [-0.25, -0.2) is 4.98 Å². The van der Waals surface area contributed by atoms with Crippen LogP contribution in [0.5, 0.6) is 5.75 Å². The normalized spacial score (nSPS) is 13.7. The molecule has 2 heterocycles. The molecule has 29 heavy (non-hydrogen) atoms. The van der Waals surface area contributed by atoms with E-state index in [1.54, 1.807) is 36.4 Å². The molecule has 0 saturated carbocycles. The van der Waals surface area contributed by atoms with E-state index in [0.29, 0.717) is 54.6 Å². The Morgan fingerprint density at radius 3 is 2.76 bits per heavy atom. The smallest absolute Gasteiger partial charge is 0.242 e. The number of aldehydes is 1. The summed E-state index contributed by atoms with van der Waals surface area (Å²) in [6.07, 6.45) is 2.00. The number of benzene rings is 1. The first-order chi connectivity index (χ1) is 14.0. The Morgan fingerprint density at radius 1 is 1.31 bits per heavy atom. The molecule has 1 aromatic carbocycles. The second-order valence-electron chi connectivity index (χ2n) is 6.47. The van der Waals surface area contributed by atoms with Crippen molar-refractivity contribution in [2.75, 3.05) is 50.1 Å². The number of hydrogen-bond acceptors (Lipinski definition) is 7. The molecule has 0 bridgehead atoms. The van der Waals surface area contributed by atoms with E-state index in [2.05, 4.69) is 15.2 Å². The predicted molar refractivity (Wildman–Crippen MR) is 112 cm³/mol. The number of aromatic nitrogens is 1. The zero-order chi connectivity index (χ0) is 20.8. The maximum Gasteiger partial charge on any atom is 0.242 e. The van der Waals surface area contributed by atoms with Crippen LogP contribution in [0.1, 0.15) is 5.56 Å². The van der Waals surface area contributed by atoms with Gasteiger partial charge in [0.2, 0.25) is 5.91 Å². The van der Waals surface area contributed by atoms with Crippen molar-refractivity contribution >= 4 is 41.0 Å². The molecule has 2 aromatic rings. The number of pyridine rings is 1. The highest BCUT2D eigenvalue weighted by molar-refractivity contribution is 6.36. The Balaban J connectivity index is 1.56. The van der Waals surface area contributed by atoms with Gasteiger partial charge in [-0.15, -0.1) is 0 Å². The van der Waals surface area contributed by atoms with Crippen LogP contribution in [-0.2, 0) is 9.59 Å². The van der Waals surface area contributed by atoms with Crippen LogP contribution in [0.15, 0.2) is 36.5 Å². The molecule has 152 valence electrons. The van der Waals surface area contributed by atoms with Crippen molar-refractivity contribution in [3.8, 4) is 5.75 Å². The Kier molecular flexibility index (Phi) is 6.66. The number of piperazine rings is 1. The van der Waals surface area contributed by atoms with E-state index in [1.807, 2.05) is 12.1 Å². The number of carbonyl (C=O) groups excluding carboxylic acids is 2. The fourth-order valence-corrected chi connectivity index (χ4v) is 3.35. The molecule has 9 heteroatoms. The molecule has 0 spiro atoms. The molecule has 1 aliphatic heterocycles. The maximum absolute atomic E-state index is 12.6. The predicted octanol–water partition coefficient (Wildman–Crippen LogP) is 2.07. The number of carbonyl (C=O) groups is 2. The molecular weight excluding hydrogens is 394 g/mol. The van der Waals surface area contributed by atoms with Gasteiger partial charge < -0.3 is 19.9 Å². The number of amides is 1. The van der Waals surface area contributed by atoms with Crippen molar-refractivity contribution < 1.29 is 14.3 Å². The molecule has 1 saturated heterocycles. The van der Waals surface area contributed by atoms with Crippen LogP contribution >= 0.6 is 11.6 Å². The van der Waals surface area contributed by atoms with Gasteiger partial charge >= 0.3 is 0 Å². The largest absolute Gasteiger partial charge is 0.495 e. The molecule has 1 amide bonds. The first-order valence-electron chi connectivity index (χ1n) is 9.12. The summed E-state index contributed by atoms with van der Waals surface area (Å²) in [5.41, 5.74) is 1.19. The second-order valence-corrected chi connectivity index (χ2v) is 6.88. The fraction of sp³-hybridized carbons (Fsp3) is 0.300. The number of ether oxygens (including phenoxy) is 1. The van der Waals surface area contributed by atoms with Gasteiger partial charge in [0.05, 0.1) is 18.7 Å². The molecular formula is C20H22ClN5O3. The van der Waals surface area contributed by atoms with Crippen LogP contribution in [-0.4, -0.2) is 67.6 Å². The van der Waals surface area contributed by atoms with Gasteiger partial charge in [-0.1, -0.05) is 11.6 Å². The summed E-state index contributed by atoms with van der Waals surface area (Å²) in [4.78, 5) is 31.5. The lowest BCUT2D eigenvalue weighted by molar-refractivity contribution is -0.129. The molecule has 0 radical (unpaired) electrons. The third-order valence-corrected chi connectivity index (χ3v) is 5.07. The lowest BCUT2D eigenvalue weighted by atomic mass is 10.1. The minimum Gasteiger partial charge on any atom is -0.495 e. The first-order valence-corrected chi connectivity index (χ1v) is 9.50. The van der Waals surface area contributed by atoms with E-state index in [4.69, 9.17) is 21.7 Å². The summed E-state index contributed by atoms with van der Waals surface area (Å²) in [7, 11) is 1.58. The van der Waals surface area contributed by atoms with Crippen LogP contribution in [0.3, 0.4) is 0 Å². The van der Waals surface area contributed by atoms with Gasteiger partial charge in [0.1, 0.15) is 17.3 Å². The highest BCUT2D eigenvalue weighted by Gasteiger charge is 2.22. The van der Waals surface area contributed by atoms with E-state index < -0.39 is 0 Å². The SMILES string of the molecule is COc1cc(N2CCN(C(=O)CNc3ncccc3C(=N)C=O)CC2)ccc1Cl. The number of halogens is 1. The molecule has 0 atom stereocenters. The van der Waals surface area contributed by atoms with Gasteiger partial charge in [-0.05, 0) is 24.3 Å². The Hall–Kier alpha value is -3.13. The van der Waals surface area contributed by atoms with Crippen LogP contribution in [0.25, 0.3) is 0 Å². The molecule has 1 aromatic heterocycles. The molecule has 8 nitrogen and oxygen atoms in total. The van der Waals surface area contributed by atoms with Crippen LogP contribution < -0.4 is 15.0 Å². The molecule has 2 N–H and O–H groups in total. The van der Waals surface area contributed by atoms with Gasteiger partial charge in [-0.3, -0.25) is 15.0 Å². The third-order valence-electron chi connectivity index (χ3n) is 4.76. The number of anilines is 2. The van der Waals surface area contributed by atoms with Crippen molar-refractivity contribution in [2.45, 2.75) is 0 Å². The van der Waals surface area contributed by atoms with E-state index >= 15 is 0 Å². The monoisotopic (exact) mass is 415 g/mol. The number of nitrogens with one attached hydrogen (secondary N) is 2. The summed E-state index contributed by atoms with van der Waals surface area (Å²) in [5.74, 6) is 0.913. The summed E-state index contributed by atoms with van der Waals surface area (Å²) >= 11 is 6.08. The summed E-state index contributed by atoms with van der Waals surface area (Å²) in [6.45, 7) is 2.61. The highest BCUT2D eigenvalue weighted by atomic mass is 35.5. The Bertz CT molecular complexity index is 913. The first kappa shape index (κ1) is 20.6. The van der Waals surface area contributed by atoms with Gasteiger partial charge in [0.15, 0.2) is 6.29 Å². The van der Waals surface area contributed by atoms with Gasteiger partial charge in [-0.2, -0.15) is 0 Å². The molecule has 1 fully saturated rings. The summed E-state index contributed by atoms with van der Waals surface area (Å²) < 4.78 is 5.27. The highest BCUT2D eigenvalue weighted by Crippen LogP contribution is 2.29. The number of methoxy groups -OCH3 is 1. The molecule has 0 unspecified atom stereocenters. The molecule has 1 aliphatic rings. The van der Waals surface area contributed by atoms with E-state index in [-0.39, 0.29) is 18.2 Å². The van der Waals surface area contributed by atoms with Crippen LogP contribution in [0.4, 0.5) is 11.5 Å². The van der Waals surface area contributed by atoms with Crippen LogP contribution in [0, 0.1) is 5.41 Å². The maximum atomic E-state index is 12.6. The number of rotatable bonds is 7. The average Bonchev–Trinajstić information content (AvgIpc) is 2.77. The number of hydrogen-bond donors (Lipinski definition) is 2. The average molecular weight is 416 g/mol. The summed E-state index contributed by atoms with van der Waals surface area (Å²) in [5, 5.41) is 11.2. The van der Waals surface area contributed by atoms with Crippen molar-refractivity contribution in [3.05, 3.63) is 47.1 Å². The van der Waals surface area contributed by atoms with E-state index in [0.717, 1.165) is 5.69 Å². The zero-order valence-electron chi connectivity index (χ0n) is 16.0. The van der Waals surface area contributed by atoms with Crippen molar-refractivity contribution in [3.63, 3.8) is 0 Å². The fourth-order valence-electron chi connectivity index (χ4n) is 3.16. The second kappa shape index (κ2) is 9.38. The zero-order valence-corrected chi connectivity index (χ0v) is 16.8. The lowest BCUT2D eigenvalue weighted by Gasteiger charge is -2.36. The van der Waals surface area contributed by atoms with Crippen LogP contribution in [0.2, 0.25) is 5.02 Å². The Morgan fingerprint density at radius 2 is 2.07 bits per heavy atom.